The molecular formula is C28H28FN5O2. The van der Waals surface area contributed by atoms with Crippen LogP contribution in [-0.2, 0) is 6.54 Å². The van der Waals surface area contributed by atoms with E-state index in [1.165, 1.54) is 6.07 Å². The first-order chi connectivity index (χ1) is 17.4. The Morgan fingerprint density at radius 1 is 1.19 bits per heavy atom. The molecule has 7 nitrogen and oxygen atoms in total. The van der Waals surface area contributed by atoms with Crippen molar-refractivity contribution in [3.8, 4) is 22.8 Å². The van der Waals surface area contributed by atoms with Gasteiger partial charge in [0.05, 0.1) is 11.3 Å². The number of carbonyl (C=O) groups excluding carboxylic acids is 1. The summed E-state index contributed by atoms with van der Waals surface area (Å²) in [7, 11) is 1.80. The molecule has 0 radical (unpaired) electrons. The normalized spacial score (nSPS) is 18.0. The van der Waals surface area contributed by atoms with E-state index in [0.717, 1.165) is 37.2 Å². The fourth-order valence-corrected chi connectivity index (χ4v) is 5.69. The van der Waals surface area contributed by atoms with Crippen LogP contribution in [0.1, 0.15) is 41.3 Å². The number of nitrogens with one attached hydrogen (secondary N) is 3. The van der Waals surface area contributed by atoms with E-state index in [4.69, 9.17) is 10.1 Å². The number of rotatable bonds is 6. The van der Waals surface area contributed by atoms with Crippen molar-refractivity contribution in [2.24, 2.45) is 5.41 Å². The van der Waals surface area contributed by atoms with Gasteiger partial charge in [-0.15, -0.1) is 0 Å². The van der Waals surface area contributed by atoms with Gasteiger partial charge in [-0.2, -0.15) is 0 Å². The monoisotopic (exact) mass is 485 g/mol. The number of hydrogen-bond donors (Lipinski definition) is 3. The zero-order valence-corrected chi connectivity index (χ0v) is 20.3. The second-order valence-corrected chi connectivity index (χ2v) is 10.2. The molecule has 3 N–H and O–H groups in total. The Morgan fingerprint density at radius 2 is 1.97 bits per heavy atom. The van der Waals surface area contributed by atoms with Crippen molar-refractivity contribution in [3.05, 3.63) is 71.2 Å². The van der Waals surface area contributed by atoms with Gasteiger partial charge in [0.1, 0.15) is 17.3 Å². The van der Waals surface area contributed by atoms with Gasteiger partial charge in [0.2, 0.25) is 0 Å². The first-order valence-electron chi connectivity index (χ1n) is 12.2. The summed E-state index contributed by atoms with van der Waals surface area (Å²) in [4.78, 5) is 19.3. The Kier molecular flexibility index (Phi) is 5.30. The molecule has 1 saturated heterocycles. The molecule has 0 bridgehead atoms. The van der Waals surface area contributed by atoms with E-state index in [-0.39, 0.29) is 17.5 Å². The summed E-state index contributed by atoms with van der Waals surface area (Å²) in [6.45, 7) is 4.21. The highest BCUT2D eigenvalue weighted by atomic mass is 19.1. The number of halogens is 1. The highest BCUT2D eigenvalue weighted by Crippen LogP contribution is 2.48. The summed E-state index contributed by atoms with van der Waals surface area (Å²) >= 11 is 0. The third-order valence-electron chi connectivity index (χ3n) is 7.69. The number of ether oxygens (including phenoxy) is 1. The lowest BCUT2D eigenvalue weighted by Crippen LogP contribution is -2.65. The average Bonchev–Trinajstić information content (AvgIpc) is 3.13. The van der Waals surface area contributed by atoms with Gasteiger partial charge in [0.25, 0.3) is 5.91 Å². The molecule has 36 heavy (non-hydrogen) atoms. The van der Waals surface area contributed by atoms with Crippen molar-refractivity contribution < 1.29 is 13.9 Å². The summed E-state index contributed by atoms with van der Waals surface area (Å²) in [5.41, 5.74) is 4.51. The maximum Gasteiger partial charge on any atom is 0.257 e. The van der Waals surface area contributed by atoms with Crippen molar-refractivity contribution in [2.75, 3.05) is 25.5 Å². The number of hydrogen-bond acceptors (Lipinski definition) is 6. The summed E-state index contributed by atoms with van der Waals surface area (Å²) < 4.78 is 21.2. The van der Waals surface area contributed by atoms with Crippen molar-refractivity contribution in [1.29, 1.82) is 5.41 Å². The molecule has 0 atom stereocenters. The van der Waals surface area contributed by atoms with Gasteiger partial charge in [-0.1, -0.05) is 0 Å². The van der Waals surface area contributed by atoms with E-state index in [9.17, 15) is 4.79 Å². The first kappa shape index (κ1) is 22.7. The second kappa shape index (κ2) is 8.41. The summed E-state index contributed by atoms with van der Waals surface area (Å²) in [5.74, 6) is 0.477. The molecule has 2 fully saturated rings. The van der Waals surface area contributed by atoms with Crippen LogP contribution in [0.4, 0.5) is 10.1 Å². The van der Waals surface area contributed by atoms with Crippen LogP contribution in [-0.4, -0.2) is 47.7 Å². The third kappa shape index (κ3) is 3.73. The number of anilines is 1. The molecule has 6 rings (SSSR count). The second-order valence-electron chi connectivity index (χ2n) is 10.2. The molecule has 3 heterocycles. The van der Waals surface area contributed by atoms with Gasteiger partial charge in [-0.3, -0.25) is 9.78 Å². The Hall–Kier alpha value is -3.78. The lowest BCUT2D eigenvalue weighted by Gasteiger charge is -2.56. The van der Waals surface area contributed by atoms with Crippen LogP contribution < -0.4 is 15.4 Å². The molecule has 3 aliphatic rings. The summed E-state index contributed by atoms with van der Waals surface area (Å²) in [6.07, 6.45) is 3.61. The van der Waals surface area contributed by atoms with Crippen LogP contribution >= 0.6 is 0 Å². The largest absolute Gasteiger partial charge is 0.457 e. The van der Waals surface area contributed by atoms with E-state index in [0.29, 0.717) is 46.0 Å². The van der Waals surface area contributed by atoms with Gasteiger partial charge in [-0.25, -0.2) is 4.39 Å². The molecule has 184 valence electrons. The summed E-state index contributed by atoms with van der Waals surface area (Å²) in [6, 6.07) is 12.5. The molecule has 0 unspecified atom stereocenters. The number of carbonyl (C=O) groups is 1. The van der Waals surface area contributed by atoms with Crippen LogP contribution in [0.25, 0.3) is 11.3 Å². The average molecular weight is 486 g/mol. The Labute approximate surface area is 209 Å². The zero-order valence-electron chi connectivity index (χ0n) is 20.3. The van der Waals surface area contributed by atoms with Crippen molar-refractivity contribution in [3.63, 3.8) is 0 Å². The number of amides is 1. The van der Waals surface area contributed by atoms with Crippen LogP contribution in [0, 0.1) is 16.6 Å². The Balaban J connectivity index is 1.23. The third-order valence-corrected chi connectivity index (χ3v) is 7.69. The number of aromatic nitrogens is 1. The van der Waals surface area contributed by atoms with E-state index in [1.807, 2.05) is 29.2 Å². The smallest absolute Gasteiger partial charge is 0.257 e. The van der Waals surface area contributed by atoms with E-state index in [1.54, 1.807) is 32.3 Å². The number of pyridine rings is 1. The molecule has 2 aromatic carbocycles. The molecular weight excluding hydrogens is 457 g/mol. The van der Waals surface area contributed by atoms with Gasteiger partial charge in [-0.05, 0) is 61.1 Å². The lowest BCUT2D eigenvalue weighted by molar-refractivity contribution is -0.0269. The molecule has 1 spiro atoms. The van der Waals surface area contributed by atoms with Crippen molar-refractivity contribution in [1.82, 2.24) is 15.2 Å². The zero-order chi connectivity index (χ0) is 25.0. The lowest BCUT2D eigenvalue weighted by atomic mass is 9.61. The van der Waals surface area contributed by atoms with Crippen molar-refractivity contribution >= 4 is 17.3 Å². The number of fused-ring (bicyclic) bond motifs is 1. The SMILES string of the molecule is CNc1cc(Oc2ccnc(-c3cc(F)c4c(c3)CN(C3CC5(CNC5)C3)C4=O)c2)ccc1C(C)=N. The number of benzene rings is 2. The molecule has 2 aliphatic heterocycles. The van der Waals surface area contributed by atoms with Gasteiger partial charge < -0.3 is 25.7 Å². The minimum Gasteiger partial charge on any atom is -0.457 e. The molecule has 8 heteroatoms. The standard InChI is InChI=1S/C28H28FN5O2/c1-16(30)22-4-3-20(10-25(22)31-2)36-21-5-6-33-24(9-21)17-7-18-13-34(27(35)26(18)23(29)8-17)19-11-28(12-19)14-32-15-28/h3-10,19,30-32H,11-15H2,1-2H3. The van der Waals surface area contributed by atoms with E-state index < -0.39 is 5.82 Å². The minimum absolute atomic E-state index is 0.190. The van der Waals surface area contributed by atoms with E-state index in [2.05, 4.69) is 15.6 Å². The van der Waals surface area contributed by atoms with Crippen LogP contribution in [0.3, 0.4) is 0 Å². The Bertz CT molecular complexity index is 1390. The first-order valence-corrected chi connectivity index (χ1v) is 12.2. The Morgan fingerprint density at radius 3 is 2.67 bits per heavy atom. The fraction of sp³-hybridized carbons (Fsp3) is 0.321. The van der Waals surface area contributed by atoms with Crippen LogP contribution in [0.5, 0.6) is 11.5 Å². The van der Waals surface area contributed by atoms with Crippen LogP contribution in [0.2, 0.25) is 0 Å². The molecule has 1 saturated carbocycles. The maximum atomic E-state index is 15.2. The van der Waals surface area contributed by atoms with Crippen LogP contribution in [0.15, 0.2) is 48.7 Å². The molecule has 1 amide bonds. The quantitative estimate of drug-likeness (QED) is 0.436. The molecule has 1 aliphatic carbocycles. The van der Waals surface area contributed by atoms with Gasteiger partial charge in [0.15, 0.2) is 0 Å². The van der Waals surface area contributed by atoms with Gasteiger partial charge in [0, 0.05) is 73.6 Å². The molecule has 1 aromatic heterocycles. The number of nitrogens with zero attached hydrogens (tertiary/aromatic N) is 2. The highest BCUT2D eigenvalue weighted by molar-refractivity contribution is 6.01. The maximum absolute atomic E-state index is 15.2. The minimum atomic E-state index is -0.501. The van der Waals surface area contributed by atoms with Gasteiger partial charge >= 0.3 is 0 Å². The highest BCUT2D eigenvalue weighted by Gasteiger charge is 2.52. The summed E-state index contributed by atoms with van der Waals surface area (Å²) in [5, 5.41) is 14.3. The fourth-order valence-electron chi connectivity index (χ4n) is 5.69. The topological polar surface area (TPSA) is 90.3 Å². The predicted octanol–water partition coefficient (Wildman–Crippen LogP) is 4.82. The predicted molar refractivity (Wildman–Crippen MR) is 136 cm³/mol. The van der Waals surface area contributed by atoms with E-state index >= 15 is 4.39 Å². The van der Waals surface area contributed by atoms with Crippen molar-refractivity contribution in [2.45, 2.75) is 32.4 Å². The molecule has 3 aromatic rings.